The monoisotopic (exact) mass is 276 g/mol. The van der Waals surface area contributed by atoms with Crippen molar-refractivity contribution in [3.63, 3.8) is 0 Å². The van der Waals surface area contributed by atoms with Crippen LogP contribution in [0.5, 0.6) is 0 Å². The molecule has 0 aliphatic carbocycles. The lowest BCUT2D eigenvalue weighted by Crippen LogP contribution is -2.31. The van der Waals surface area contributed by atoms with Crippen molar-refractivity contribution in [2.75, 3.05) is 14.2 Å². The highest BCUT2D eigenvalue weighted by Gasteiger charge is 2.40. The molecule has 0 saturated carbocycles. The van der Waals surface area contributed by atoms with Gasteiger partial charge in [0.15, 0.2) is 0 Å². The quantitative estimate of drug-likeness (QED) is 0.792. The molecule has 0 aromatic heterocycles. The third kappa shape index (κ3) is 3.96. The Bertz CT molecular complexity index is 439. The van der Waals surface area contributed by atoms with Gasteiger partial charge in [-0.15, -0.1) is 0 Å². The van der Waals surface area contributed by atoms with Gasteiger partial charge in [0.1, 0.15) is 0 Å². The summed E-state index contributed by atoms with van der Waals surface area (Å²) < 4.78 is 47.1. The summed E-state index contributed by atoms with van der Waals surface area (Å²) in [7, 11) is 2.46. The summed E-state index contributed by atoms with van der Waals surface area (Å²) in [6.07, 6.45) is -5.44. The number of halogens is 3. The lowest BCUT2D eigenvalue weighted by Gasteiger charge is -2.29. The molecule has 0 heterocycles. The van der Waals surface area contributed by atoms with E-state index in [0.29, 0.717) is 5.56 Å². The average Bonchev–Trinajstić information content (AvgIpc) is 2.36. The molecule has 1 atom stereocenters. The number of alkyl halides is 3. The minimum Gasteiger partial charge on any atom is -0.465 e. The number of hydrogen-bond acceptors (Lipinski definition) is 3. The highest BCUT2D eigenvalue weighted by molar-refractivity contribution is 5.89. The highest BCUT2D eigenvalue weighted by Crippen LogP contribution is 2.36. The molecule has 106 valence electrons. The van der Waals surface area contributed by atoms with Gasteiger partial charge in [-0.2, -0.15) is 13.2 Å². The van der Waals surface area contributed by atoms with Gasteiger partial charge in [0, 0.05) is 7.11 Å². The largest absolute Gasteiger partial charge is 0.465 e. The van der Waals surface area contributed by atoms with Gasteiger partial charge in [-0.3, -0.25) is 0 Å². The molecular weight excluding hydrogens is 261 g/mol. The Hall–Kier alpha value is -1.56. The van der Waals surface area contributed by atoms with Crippen LogP contribution in [0.3, 0.4) is 0 Å². The predicted molar refractivity (Wildman–Crippen MR) is 62.8 cm³/mol. The number of ether oxygens (including phenoxy) is 2. The standard InChI is InChI=1S/C13H15F3O3/c1-12(19-3,8-13(14,15)16)10-6-4-9(5-7-10)11(17)18-2/h4-7H,8H2,1-3H3. The molecule has 0 fully saturated rings. The van der Waals surface area contributed by atoms with Gasteiger partial charge in [-0.25, -0.2) is 4.79 Å². The first kappa shape index (κ1) is 15.5. The Kier molecular flexibility index (Phi) is 4.57. The molecule has 1 rings (SSSR count). The number of carbonyl (C=O) groups excluding carboxylic acids is 1. The summed E-state index contributed by atoms with van der Waals surface area (Å²) in [4.78, 5) is 11.2. The molecule has 3 nitrogen and oxygen atoms in total. The van der Waals surface area contributed by atoms with Crippen molar-refractivity contribution >= 4 is 5.97 Å². The van der Waals surface area contributed by atoms with Crippen LogP contribution in [0.2, 0.25) is 0 Å². The van der Waals surface area contributed by atoms with Crippen molar-refractivity contribution in [1.82, 2.24) is 0 Å². The maximum absolute atomic E-state index is 12.5. The lowest BCUT2D eigenvalue weighted by molar-refractivity contribution is -0.181. The Morgan fingerprint density at radius 3 is 2.05 bits per heavy atom. The van der Waals surface area contributed by atoms with E-state index in [9.17, 15) is 18.0 Å². The maximum atomic E-state index is 12.5. The van der Waals surface area contributed by atoms with Gasteiger partial charge in [0.2, 0.25) is 0 Å². The normalized spacial score (nSPS) is 14.8. The number of rotatable bonds is 4. The van der Waals surface area contributed by atoms with Crippen LogP contribution < -0.4 is 0 Å². The number of benzene rings is 1. The van der Waals surface area contributed by atoms with E-state index in [1.54, 1.807) is 0 Å². The van der Waals surface area contributed by atoms with E-state index >= 15 is 0 Å². The van der Waals surface area contributed by atoms with Crippen LogP contribution in [-0.2, 0) is 15.1 Å². The van der Waals surface area contributed by atoms with E-state index in [1.165, 1.54) is 45.4 Å². The summed E-state index contributed by atoms with van der Waals surface area (Å²) in [5, 5.41) is 0. The zero-order valence-corrected chi connectivity index (χ0v) is 10.9. The summed E-state index contributed by atoms with van der Waals surface area (Å²) in [6.45, 7) is 1.35. The first-order chi connectivity index (χ1) is 8.72. The van der Waals surface area contributed by atoms with Crippen LogP contribution in [0.1, 0.15) is 29.3 Å². The molecule has 19 heavy (non-hydrogen) atoms. The van der Waals surface area contributed by atoms with Crippen LogP contribution in [-0.4, -0.2) is 26.4 Å². The van der Waals surface area contributed by atoms with Crippen LogP contribution in [0.4, 0.5) is 13.2 Å². The topological polar surface area (TPSA) is 35.5 Å². The molecular formula is C13H15F3O3. The average molecular weight is 276 g/mol. The minimum atomic E-state index is -4.34. The molecule has 0 amide bonds. The maximum Gasteiger partial charge on any atom is 0.392 e. The number of methoxy groups -OCH3 is 2. The molecule has 0 radical (unpaired) electrons. The van der Waals surface area contributed by atoms with Gasteiger partial charge in [-0.05, 0) is 24.6 Å². The first-order valence-electron chi connectivity index (χ1n) is 5.52. The molecule has 0 aliphatic heterocycles. The smallest absolute Gasteiger partial charge is 0.392 e. The molecule has 0 saturated heterocycles. The molecule has 1 aromatic rings. The van der Waals surface area contributed by atoms with Crippen LogP contribution in [0.25, 0.3) is 0 Å². The minimum absolute atomic E-state index is 0.275. The zero-order chi connectivity index (χ0) is 14.7. The fourth-order valence-electron chi connectivity index (χ4n) is 1.75. The number of hydrogen-bond donors (Lipinski definition) is 0. The van der Waals surface area contributed by atoms with Crippen molar-refractivity contribution in [1.29, 1.82) is 0 Å². The highest BCUT2D eigenvalue weighted by atomic mass is 19.4. The SMILES string of the molecule is COC(=O)c1ccc(C(C)(CC(F)(F)F)OC)cc1. The Morgan fingerprint density at radius 2 is 1.68 bits per heavy atom. The Morgan fingerprint density at radius 1 is 1.16 bits per heavy atom. The van der Waals surface area contributed by atoms with Crippen molar-refractivity contribution in [3.8, 4) is 0 Å². The lowest BCUT2D eigenvalue weighted by atomic mass is 9.91. The number of carbonyl (C=O) groups is 1. The van der Waals surface area contributed by atoms with E-state index < -0.39 is 24.2 Å². The van der Waals surface area contributed by atoms with Crippen LogP contribution in [0, 0.1) is 0 Å². The van der Waals surface area contributed by atoms with Gasteiger partial charge >= 0.3 is 12.1 Å². The molecule has 0 bridgehead atoms. The van der Waals surface area contributed by atoms with E-state index in [2.05, 4.69) is 4.74 Å². The summed E-state index contributed by atoms with van der Waals surface area (Å²) in [5.74, 6) is -0.540. The fraction of sp³-hybridized carbons (Fsp3) is 0.462. The van der Waals surface area contributed by atoms with Crippen molar-refractivity contribution in [3.05, 3.63) is 35.4 Å². The van der Waals surface area contributed by atoms with E-state index in [4.69, 9.17) is 4.74 Å². The van der Waals surface area contributed by atoms with Gasteiger partial charge in [-0.1, -0.05) is 12.1 Å². The van der Waals surface area contributed by atoms with Crippen molar-refractivity contribution in [2.45, 2.75) is 25.1 Å². The van der Waals surface area contributed by atoms with Gasteiger partial charge < -0.3 is 9.47 Å². The van der Waals surface area contributed by atoms with Crippen LogP contribution in [0.15, 0.2) is 24.3 Å². The molecule has 1 aromatic carbocycles. The molecule has 1 unspecified atom stereocenters. The van der Waals surface area contributed by atoms with Crippen molar-refractivity contribution < 1.29 is 27.4 Å². The van der Waals surface area contributed by atoms with Crippen molar-refractivity contribution in [2.24, 2.45) is 0 Å². The molecule has 0 N–H and O–H groups in total. The summed E-state index contributed by atoms with van der Waals surface area (Å²) in [5.41, 5.74) is -0.857. The van der Waals surface area contributed by atoms with E-state index in [1.807, 2.05) is 0 Å². The molecule has 6 heteroatoms. The second-order valence-corrected chi connectivity index (χ2v) is 4.30. The second-order valence-electron chi connectivity index (χ2n) is 4.30. The first-order valence-corrected chi connectivity index (χ1v) is 5.52. The van der Waals surface area contributed by atoms with Crippen LogP contribution >= 0.6 is 0 Å². The number of esters is 1. The second kappa shape index (κ2) is 5.61. The van der Waals surface area contributed by atoms with E-state index in [-0.39, 0.29) is 5.56 Å². The molecule has 0 aliphatic rings. The van der Waals surface area contributed by atoms with E-state index in [0.717, 1.165) is 0 Å². The summed E-state index contributed by atoms with van der Waals surface area (Å²) in [6, 6.07) is 5.69. The third-order valence-corrected chi connectivity index (χ3v) is 2.90. The third-order valence-electron chi connectivity index (χ3n) is 2.90. The summed E-state index contributed by atoms with van der Waals surface area (Å²) >= 11 is 0. The Balaban J connectivity index is 3.03. The van der Waals surface area contributed by atoms with Gasteiger partial charge in [0.05, 0.1) is 24.7 Å². The molecule has 0 spiro atoms. The van der Waals surface area contributed by atoms with Gasteiger partial charge in [0.25, 0.3) is 0 Å². The Labute approximate surface area is 109 Å². The predicted octanol–water partition coefficient (Wildman–Crippen LogP) is 3.29. The zero-order valence-electron chi connectivity index (χ0n) is 10.9. The fourth-order valence-corrected chi connectivity index (χ4v) is 1.75.